The number of hydrogen-bond acceptors (Lipinski definition) is 6. The smallest absolute Gasteiger partial charge is 0.434 e. The Morgan fingerprint density at radius 1 is 1.58 bits per heavy atom. The van der Waals surface area contributed by atoms with E-state index < -0.39 is 24.8 Å². The van der Waals surface area contributed by atoms with Crippen LogP contribution in [0.5, 0.6) is 0 Å². The summed E-state index contributed by atoms with van der Waals surface area (Å²) in [5.41, 5.74) is 5.03. The highest BCUT2D eigenvalue weighted by atomic mass is 16.7. The lowest BCUT2D eigenvalue weighted by atomic mass is 10.3. The van der Waals surface area contributed by atoms with Crippen molar-refractivity contribution in [1.29, 1.82) is 0 Å². The maximum atomic E-state index is 10.7. The Labute approximate surface area is 69.2 Å². The Bertz CT molecular complexity index is 169. The molecule has 6 nitrogen and oxygen atoms in total. The van der Waals surface area contributed by atoms with E-state index >= 15 is 0 Å². The van der Waals surface area contributed by atoms with Crippen LogP contribution in [0.15, 0.2) is 0 Å². The van der Waals surface area contributed by atoms with Gasteiger partial charge in [0.2, 0.25) is 0 Å². The first-order valence-electron chi connectivity index (χ1n) is 3.36. The number of rotatable bonds is 3. The van der Waals surface area contributed by atoms with E-state index in [4.69, 9.17) is 10.8 Å². The van der Waals surface area contributed by atoms with Crippen LogP contribution < -0.4 is 5.73 Å². The number of aliphatic hydroxyl groups is 1. The van der Waals surface area contributed by atoms with Crippen LogP contribution in [0.1, 0.15) is 6.92 Å². The highest BCUT2D eigenvalue weighted by molar-refractivity contribution is 5.85. The van der Waals surface area contributed by atoms with Crippen molar-refractivity contribution in [2.45, 2.75) is 13.0 Å². The van der Waals surface area contributed by atoms with Gasteiger partial charge in [-0.05, 0) is 6.92 Å². The van der Waals surface area contributed by atoms with E-state index in [-0.39, 0.29) is 6.61 Å². The zero-order valence-electron chi connectivity index (χ0n) is 6.65. The number of esters is 1. The number of carbonyl (C=O) groups is 2. The Morgan fingerprint density at radius 3 is 2.58 bits per heavy atom. The van der Waals surface area contributed by atoms with Gasteiger partial charge in [-0.1, -0.05) is 0 Å². The number of aliphatic hydroxyl groups excluding tert-OH is 1. The van der Waals surface area contributed by atoms with E-state index in [0.717, 1.165) is 0 Å². The predicted octanol–water partition coefficient (Wildman–Crippen LogP) is -0.994. The van der Waals surface area contributed by atoms with Gasteiger partial charge in [0.25, 0.3) is 0 Å². The van der Waals surface area contributed by atoms with Crippen molar-refractivity contribution in [2.75, 3.05) is 13.2 Å². The minimum atomic E-state index is -1.20. The van der Waals surface area contributed by atoms with E-state index in [1.54, 1.807) is 6.92 Å². The van der Waals surface area contributed by atoms with Crippen molar-refractivity contribution in [3.8, 4) is 0 Å². The summed E-state index contributed by atoms with van der Waals surface area (Å²) in [4.78, 5) is 21.1. The van der Waals surface area contributed by atoms with Gasteiger partial charge in [-0.15, -0.1) is 0 Å². The maximum absolute atomic E-state index is 10.7. The molecule has 0 aromatic rings. The van der Waals surface area contributed by atoms with Gasteiger partial charge in [-0.3, -0.25) is 0 Å². The molecule has 0 aromatic heterocycles. The largest absolute Gasteiger partial charge is 0.516 e. The molecular weight excluding hydrogens is 166 g/mol. The van der Waals surface area contributed by atoms with Crippen molar-refractivity contribution in [1.82, 2.24) is 0 Å². The number of ether oxygens (including phenoxy) is 2. The molecule has 0 aromatic carbocycles. The SMILES string of the molecule is CCOC(=O)OC(=O)[C@@H](N)CO. The average molecular weight is 177 g/mol. The van der Waals surface area contributed by atoms with Gasteiger partial charge in [0, 0.05) is 0 Å². The van der Waals surface area contributed by atoms with Crippen LogP contribution in [0.2, 0.25) is 0 Å². The minimum absolute atomic E-state index is 0.112. The van der Waals surface area contributed by atoms with Gasteiger partial charge in [-0.25, -0.2) is 9.59 Å². The molecule has 3 N–H and O–H groups in total. The van der Waals surface area contributed by atoms with Crippen LogP contribution in [-0.4, -0.2) is 36.5 Å². The van der Waals surface area contributed by atoms with E-state index in [0.29, 0.717) is 0 Å². The predicted molar refractivity (Wildman–Crippen MR) is 38.2 cm³/mol. The summed E-state index contributed by atoms with van der Waals surface area (Å²) in [6, 6.07) is -1.20. The summed E-state index contributed by atoms with van der Waals surface area (Å²) in [7, 11) is 0. The van der Waals surface area contributed by atoms with E-state index in [1.807, 2.05) is 0 Å². The van der Waals surface area contributed by atoms with E-state index in [1.165, 1.54) is 0 Å². The third-order valence-electron chi connectivity index (χ3n) is 0.946. The second-order valence-corrected chi connectivity index (χ2v) is 1.89. The lowest BCUT2D eigenvalue weighted by Gasteiger charge is -2.06. The number of hydrogen-bond donors (Lipinski definition) is 2. The van der Waals surface area contributed by atoms with Gasteiger partial charge in [0.15, 0.2) is 0 Å². The van der Waals surface area contributed by atoms with Crippen LogP contribution >= 0.6 is 0 Å². The van der Waals surface area contributed by atoms with Crippen molar-refractivity contribution < 1.29 is 24.2 Å². The third-order valence-corrected chi connectivity index (χ3v) is 0.946. The summed E-state index contributed by atoms with van der Waals surface area (Å²) in [5.74, 6) is -1.00. The second-order valence-electron chi connectivity index (χ2n) is 1.89. The normalized spacial score (nSPS) is 11.9. The molecule has 0 amide bonds. The Hall–Kier alpha value is -1.14. The molecular formula is C6H11NO5. The highest BCUT2D eigenvalue weighted by Crippen LogP contribution is 1.89. The monoisotopic (exact) mass is 177 g/mol. The molecule has 0 aliphatic heterocycles. The zero-order chi connectivity index (χ0) is 9.56. The van der Waals surface area contributed by atoms with Crippen molar-refractivity contribution in [3.05, 3.63) is 0 Å². The molecule has 0 spiro atoms. The summed E-state index contributed by atoms with van der Waals surface area (Å²) in [6.45, 7) is 1.11. The molecule has 0 saturated heterocycles. The second kappa shape index (κ2) is 5.50. The molecule has 0 rings (SSSR count). The third kappa shape index (κ3) is 3.89. The lowest BCUT2D eigenvalue weighted by molar-refractivity contribution is -0.142. The van der Waals surface area contributed by atoms with Gasteiger partial charge in [-0.2, -0.15) is 0 Å². The number of nitrogens with two attached hydrogens (primary N) is 1. The highest BCUT2D eigenvalue weighted by Gasteiger charge is 2.18. The topological polar surface area (TPSA) is 98.9 Å². The standard InChI is InChI=1S/C6H11NO5/c1-2-11-6(10)12-5(9)4(7)3-8/h4,8H,2-3,7H2,1H3/t4-/m0/s1. The van der Waals surface area contributed by atoms with Gasteiger partial charge >= 0.3 is 12.1 Å². The first-order valence-corrected chi connectivity index (χ1v) is 3.36. The Morgan fingerprint density at radius 2 is 2.17 bits per heavy atom. The maximum Gasteiger partial charge on any atom is 0.516 e. The van der Waals surface area contributed by atoms with Gasteiger partial charge < -0.3 is 20.3 Å². The van der Waals surface area contributed by atoms with Crippen molar-refractivity contribution >= 4 is 12.1 Å². The molecule has 0 fully saturated rings. The summed E-state index contributed by atoms with van der Waals surface area (Å²) >= 11 is 0. The van der Waals surface area contributed by atoms with Crippen LogP contribution in [0.3, 0.4) is 0 Å². The fourth-order valence-electron chi connectivity index (χ4n) is 0.380. The van der Waals surface area contributed by atoms with E-state index in [2.05, 4.69) is 9.47 Å². The van der Waals surface area contributed by atoms with E-state index in [9.17, 15) is 9.59 Å². The lowest BCUT2D eigenvalue weighted by Crippen LogP contribution is -2.36. The number of carbonyl (C=O) groups excluding carboxylic acids is 2. The van der Waals surface area contributed by atoms with Crippen LogP contribution in [0.4, 0.5) is 4.79 Å². The van der Waals surface area contributed by atoms with Crippen molar-refractivity contribution in [2.24, 2.45) is 5.73 Å². The first kappa shape index (κ1) is 10.9. The fraction of sp³-hybridized carbons (Fsp3) is 0.667. The van der Waals surface area contributed by atoms with Crippen LogP contribution in [-0.2, 0) is 14.3 Å². The molecule has 6 heteroatoms. The summed E-state index contributed by atoms with van der Waals surface area (Å²) in [6.07, 6.45) is -1.11. The molecule has 0 bridgehead atoms. The molecule has 1 atom stereocenters. The molecule has 0 aliphatic carbocycles. The molecule has 12 heavy (non-hydrogen) atoms. The molecule has 0 unspecified atom stereocenters. The molecule has 70 valence electrons. The Kier molecular flexibility index (Phi) is 4.98. The van der Waals surface area contributed by atoms with Crippen molar-refractivity contribution in [3.63, 3.8) is 0 Å². The molecule has 0 heterocycles. The van der Waals surface area contributed by atoms with Crippen LogP contribution in [0, 0.1) is 0 Å². The van der Waals surface area contributed by atoms with Gasteiger partial charge in [0.1, 0.15) is 6.04 Å². The molecule has 0 saturated carbocycles. The minimum Gasteiger partial charge on any atom is -0.434 e. The first-order chi connectivity index (χ1) is 5.61. The zero-order valence-corrected chi connectivity index (χ0v) is 6.65. The molecule has 0 aliphatic rings. The average Bonchev–Trinajstić information content (AvgIpc) is 2.03. The summed E-state index contributed by atoms with van der Waals surface area (Å²) in [5, 5.41) is 8.37. The quantitative estimate of drug-likeness (QED) is 0.424. The Balaban J connectivity index is 3.76. The molecule has 0 radical (unpaired) electrons. The van der Waals surface area contributed by atoms with Crippen LogP contribution in [0.25, 0.3) is 0 Å². The summed E-state index contributed by atoms with van der Waals surface area (Å²) < 4.78 is 8.35. The fourth-order valence-corrected chi connectivity index (χ4v) is 0.380. The van der Waals surface area contributed by atoms with Gasteiger partial charge in [0.05, 0.1) is 13.2 Å².